The lowest BCUT2D eigenvalue weighted by atomic mass is 9.95. The largest absolute Gasteiger partial charge is 0.507 e. The zero-order valence-corrected chi connectivity index (χ0v) is 18.2. The minimum atomic E-state index is -1.03. The Hall–Kier alpha value is -3.35. The van der Waals surface area contributed by atoms with Crippen molar-refractivity contribution in [3.8, 4) is 5.75 Å². The van der Waals surface area contributed by atoms with Crippen LogP contribution in [0.2, 0.25) is 10.0 Å². The summed E-state index contributed by atoms with van der Waals surface area (Å²) in [6, 6.07) is 15.4. The van der Waals surface area contributed by atoms with Crippen LogP contribution in [0.25, 0.3) is 5.76 Å². The molecule has 162 valence electrons. The Labute approximate surface area is 193 Å². The quantitative estimate of drug-likeness (QED) is 0.298. The monoisotopic (exact) mass is 471 g/mol. The van der Waals surface area contributed by atoms with Crippen molar-refractivity contribution in [3.05, 3.63) is 99.3 Å². The van der Waals surface area contributed by atoms with Gasteiger partial charge in [0.15, 0.2) is 0 Å². The van der Waals surface area contributed by atoms with Gasteiger partial charge in [-0.05, 0) is 48.0 Å². The molecule has 1 amide bonds. The van der Waals surface area contributed by atoms with Crippen molar-refractivity contribution in [2.24, 2.45) is 0 Å². The molecule has 0 radical (unpaired) electrons. The van der Waals surface area contributed by atoms with E-state index in [1.54, 1.807) is 30.3 Å². The molecular formula is C24H16Cl2FNO4. The number of ketones is 1. The molecule has 1 saturated heterocycles. The summed E-state index contributed by atoms with van der Waals surface area (Å²) in [5.41, 5.74) is 0.814. The van der Waals surface area contributed by atoms with E-state index in [0.717, 1.165) is 0 Å². The standard InChI is InChI=1S/C24H16Cl2FNO4/c1-32-19-5-3-2-4-16(19)22(29)20-21(13-6-8-14(27)9-7-13)28(24(31)23(20)30)15-10-11-17(25)18(26)12-15/h2-12,21,29H,1H3/b22-20+. The Morgan fingerprint density at radius 2 is 1.69 bits per heavy atom. The Morgan fingerprint density at radius 1 is 1.00 bits per heavy atom. The number of aliphatic hydroxyl groups is 1. The number of methoxy groups -OCH3 is 1. The molecule has 1 N–H and O–H groups in total. The Kier molecular flexibility index (Phi) is 5.91. The molecule has 1 aliphatic rings. The van der Waals surface area contributed by atoms with Gasteiger partial charge in [0.1, 0.15) is 17.3 Å². The van der Waals surface area contributed by atoms with E-state index in [9.17, 15) is 19.1 Å². The van der Waals surface area contributed by atoms with E-state index in [-0.39, 0.29) is 21.2 Å². The Balaban J connectivity index is 1.98. The van der Waals surface area contributed by atoms with Gasteiger partial charge in [-0.15, -0.1) is 0 Å². The summed E-state index contributed by atoms with van der Waals surface area (Å²) in [7, 11) is 1.43. The summed E-state index contributed by atoms with van der Waals surface area (Å²) in [5.74, 6) is -2.32. The zero-order chi connectivity index (χ0) is 23.0. The van der Waals surface area contributed by atoms with Crippen molar-refractivity contribution in [2.45, 2.75) is 6.04 Å². The molecule has 1 atom stereocenters. The number of Topliss-reactive ketones (excluding diaryl/α,β-unsaturated/α-hetero) is 1. The predicted octanol–water partition coefficient (Wildman–Crippen LogP) is 5.77. The number of halogens is 3. The van der Waals surface area contributed by atoms with Gasteiger partial charge in [-0.25, -0.2) is 4.39 Å². The summed E-state index contributed by atoms with van der Waals surface area (Å²) in [6.45, 7) is 0. The van der Waals surface area contributed by atoms with Gasteiger partial charge in [-0.2, -0.15) is 0 Å². The SMILES string of the molecule is COc1ccccc1/C(O)=C1\C(=O)C(=O)N(c2ccc(Cl)c(Cl)c2)C1c1ccc(F)cc1. The van der Waals surface area contributed by atoms with Gasteiger partial charge in [-0.1, -0.05) is 47.5 Å². The van der Waals surface area contributed by atoms with Crippen LogP contribution >= 0.6 is 23.2 Å². The van der Waals surface area contributed by atoms with E-state index in [1.807, 2.05) is 0 Å². The molecule has 0 aliphatic carbocycles. The van der Waals surface area contributed by atoms with E-state index in [0.29, 0.717) is 17.0 Å². The minimum Gasteiger partial charge on any atom is -0.507 e. The summed E-state index contributed by atoms with van der Waals surface area (Å²) < 4.78 is 18.9. The maximum Gasteiger partial charge on any atom is 0.300 e. The zero-order valence-electron chi connectivity index (χ0n) is 16.7. The first-order valence-electron chi connectivity index (χ1n) is 9.48. The van der Waals surface area contributed by atoms with E-state index in [1.165, 1.54) is 48.4 Å². The molecule has 1 unspecified atom stereocenters. The molecule has 4 rings (SSSR count). The highest BCUT2D eigenvalue weighted by Gasteiger charge is 2.47. The second kappa shape index (κ2) is 8.65. The van der Waals surface area contributed by atoms with E-state index in [4.69, 9.17) is 27.9 Å². The molecule has 0 saturated carbocycles. The third-order valence-corrected chi connectivity index (χ3v) is 5.91. The number of carbonyl (C=O) groups is 2. The fourth-order valence-corrected chi connectivity index (χ4v) is 3.97. The summed E-state index contributed by atoms with van der Waals surface area (Å²) in [5, 5.41) is 11.6. The number of carbonyl (C=O) groups excluding carboxylic acids is 2. The summed E-state index contributed by atoms with van der Waals surface area (Å²) >= 11 is 12.2. The maximum absolute atomic E-state index is 13.6. The first kappa shape index (κ1) is 21.9. The van der Waals surface area contributed by atoms with Crippen molar-refractivity contribution in [2.75, 3.05) is 12.0 Å². The van der Waals surface area contributed by atoms with Crippen LogP contribution in [0.5, 0.6) is 5.75 Å². The lowest BCUT2D eigenvalue weighted by Gasteiger charge is -2.26. The molecule has 32 heavy (non-hydrogen) atoms. The first-order chi connectivity index (χ1) is 15.3. The van der Waals surface area contributed by atoms with Crippen LogP contribution in [0.4, 0.5) is 10.1 Å². The highest BCUT2D eigenvalue weighted by Crippen LogP contribution is 2.44. The van der Waals surface area contributed by atoms with Crippen LogP contribution in [0.15, 0.2) is 72.3 Å². The Bertz CT molecular complexity index is 1260. The number of nitrogens with zero attached hydrogens (tertiary/aromatic N) is 1. The average Bonchev–Trinajstić information content (AvgIpc) is 3.06. The third-order valence-electron chi connectivity index (χ3n) is 5.17. The summed E-state index contributed by atoms with van der Waals surface area (Å²) in [6.07, 6.45) is 0. The lowest BCUT2D eigenvalue weighted by molar-refractivity contribution is -0.132. The van der Waals surface area contributed by atoms with Crippen LogP contribution < -0.4 is 9.64 Å². The van der Waals surface area contributed by atoms with Crippen molar-refractivity contribution >= 4 is 46.3 Å². The van der Waals surface area contributed by atoms with Gasteiger partial charge >= 0.3 is 0 Å². The van der Waals surface area contributed by atoms with Crippen LogP contribution in [0.1, 0.15) is 17.2 Å². The lowest BCUT2D eigenvalue weighted by Crippen LogP contribution is -2.29. The van der Waals surface area contributed by atoms with Crippen molar-refractivity contribution in [1.82, 2.24) is 0 Å². The van der Waals surface area contributed by atoms with Crippen LogP contribution in [-0.2, 0) is 9.59 Å². The number of para-hydroxylation sites is 1. The molecule has 0 bridgehead atoms. The molecule has 1 aliphatic heterocycles. The molecular weight excluding hydrogens is 456 g/mol. The molecule has 3 aromatic carbocycles. The van der Waals surface area contributed by atoms with E-state index in [2.05, 4.69) is 0 Å². The van der Waals surface area contributed by atoms with Crippen molar-refractivity contribution in [3.63, 3.8) is 0 Å². The molecule has 1 fully saturated rings. The highest BCUT2D eigenvalue weighted by molar-refractivity contribution is 6.52. The normalized spacial score (nSPS) is 17.6. The molecule has 1 heterocycles. The number of anilines is 1. The van der Waals surface area contributed by atoms with Gasteiger partial charge in [0, 0.05) is 5.69 Å². The van der Waals surface area contributed by atoms with Crippen molar-refractivity contribution in [1.29, 1.82) is 0 Å². The number of benzene rings is 3. The van der Waals surface area contributed by atoms with Crippen molar-refractivity contribution < 1.29 is 23.8 Å². The van der Waals surface area contributed by atoms with E-state index >= 15 is 0 Å². The van der Waals surface area contributed by atoms with E-state index < -0.39 is 29.3 Å². The molecule has 3 aromatic rings. The fourth-order valence-electron chi connectivity index (χ4n) is 3.68. The molecule has 0 aromatic heterocycles. The number of hydrogen-bond acceptors (Lipinski definition) is 4. The molecule has 5 nitrogen and oxygen atoms in total. The average molecular weight is 472 g/mol. The minimum absolute atomic E-state index is 0.155. The smallest absolute Gasteiger partial charge is 0.300 e. The number of ether oxygens (including phenoxy) is 1. The Morgan fingerprint density at radius 3 is 2.34 bits per heavy atom. The number of aliphatic hydroxyl groups excluding tert-OH is 1. The number of rotatable bonds is 4. The maximum atomic E-state index is 13.6. The highest BCUT2D eigenvalue weighted by atomic mass is 35.5. The molecule has 0 spiro atoms. The van der Waals surface area contributed by atoms with Gasteiger partial charge in [0.05, 0.1) is 34.3 Å². The fraction of sp³-hybridized carbons (Fsp3) is 0.0833. The molecule has 8 heteroatoms. The number of hydrogen-bond donors (Lipinski definition) is 1. The second-order valence-electron chi connectivity index (χ2n) is 7.02. The summed E-state index contributed by atoms with van der Waals surface area (Å²) in [4.78, 5) is 27.4. The van der Waals surface area contributed by atoms with Crippen LogP contribution in [0.3, 0.4) is 0 Å². The van der Waals surface area contributed by atoms with Crippen LogP contribution in [0, 0.1) is 5.82 Å². The third kappa shape index (κ3) is 3.72. The number of amides is 1. The predicted molar refractivity (Wildman–Crippen MR) is 121 cm³/mol. The topological polar surface area (TPSA) is 66.8 Å². The van der Waals surface area contributed by atoms with Crippen LogP contribution in [-0.4, -0.2) is 23.9 Å². The van der Waals surface area contributed by atoms with Gasteiger partial charge in [0.2, 0.25) is 0 Å². The van der Waals surface area contributed by atoms with Gasteiger partial charge < -0.3 is 9.84 Å². The first-order valence-corrected chi connectivity index (χ1v) is 10.2. The second-order valence-corrected chi connectivity index (χ2v) is 7.83. The van der Waals surface area contributed by atoms with Gasteiger partial charge in [-0.3, -0.25) is 14.5 Å². The van der Waals surface area contributed by atoms with Gasteiger partial charge in [0.25, 0.3) is 11.7 Å².